The summed E-state index contributed by atoms with van der Waals surface area (Å²) in [6, 6.07) is 3.97. The molecule has 0 N–H and O–H groups in total. The van der Waals surface area contributed by atoms with Crippen LogP contribution < -0.4 is 4.90 Å². The summed E-state index contributed by atoms with van der Waals surface area (Å²) in [5.41, 5.74) is 0.960. The smallest absolute Gasteiger partial charge is 0.310 e. The molecule has 0 saturated carbocycles. The van der Waals surface area contributed by atoms with Crippen LogP contribution in [-0.2, 0) is 9.53 Å². The topological polar surface area (TPSA) is 42.4 Å². The number of hydrogen-bond acceptors (Lipinski definition) is 4. The van der Waals surface area contributed by atoms with Crippen molar-refractivity contribution in [2.45, 2.75) is 13.8 Å². The Morgan fingerprint density at radius 3 is 2.83 bits per heavy atom. The molecule has 18 heavy (non-hydrogen) atoms. The van der Waals surface area contributed by atoms with Crippen molar-refractivity contribution >= 4 is 27.7 Å². The molecule has 1 aromatic heterocycles. The van der Waals surface area contributed by atoms with Crippen molar-refractivity contribution in [3.63, 3.8) is 0 Å². The fourth-order valence-corrected chi connectivity index (χ4v) is 2.54. The van der Waals surface area contributed by atoms with E-state index in [1.165, 1.54) is 7.11 Å². The first-order valence-corrected chi connectivity index (χ1v) is 6.78. The number of pyridine rings is 1. The maximum Gasteiger partial charge on any atom is 0.310 e. The molecule has 1 saturated heterocycles. The lowest BCUT2D eigenvalue weighted by Gasteiger charge is -2.17. The second kappa shape index (κ2) is 5.26. The molecule has 2 heterocycles. The Balaban J connectivity index is 2.16. The average Bonchev–Trinajstić information content (AvgIpc) is 2.74. The molecule has 1 fully saturated rings. The van der Waals surface area contributed by atoms with Gasteiger partial charge >= 0.3 is 5.97 Å². The minimum absolute atomic E-state index is 0.0549. The minimum Gasteiger partial charge on any atom is -0.469 e. The summed E-state index contributed by atoms with van der Waals surface area (Å²) in [5.74, 6) is 1.04. The van der Waals surface area contributed by atoms with Crippen LogP contribution in [0.1, 0.15) is 12.6 Å². The molecule has 0 bridgehead atoms. The zero-order valence-electron chi connectivity index (χ0n) is 10.8. The zero-order valence-corrected chi connectivity index (χ0v) is 12.4. The van der Waals surface area contributed by atoms with Crippen LogP contribution in [0.15, 0.2) is 16.6 Å². The number of anilines is 1. The molecule has 4 nitrogen and oxygen atoms in total. The Labute approximate surface area is 115 Å². The van der Waals surface area contributed by atoms with E-state index in [9.17, 15) is 4.79 Å². The fraction of sp³-hybridized carbons (Fsp3) is 0.538. The quantitative estimate of drug-likeness (QED) is 0.786. The standard InChI is InChI=1S/C13H17BrN2O2/c1-8-6-16(7-10(8)13(17)18-3)12-5-4-11(14)9(2)15-12/h4-5,8,10H,6-7H2,1-3H3. The highest BCUT2D eigenvalue weighted by atomic mass is 79.9. The second-order valence-corrected chi connectivity index (χ2v) is 5.60. The van der Waals surface area contributed by atoms with Gasteiger partial charge in [0, 0.05) is 17.6 Å². The number of methoxy groups -OCH3 is 1. The number of esters is 1. The molecule has 1 aliphatic rings. The molecule has 5 heteroatoms. The van der Waals surface area contributed by atoms with E-state index in [4.69, 9.17) is 4.74 Å². The average molecular weight is 313 g/mol. The number of aromatic nitrogens is 1. The van der Waals surface area contributed by atoms with E-state index in [0.717, 1.165) is 22.5 Å². The first-order chi connectivity index (χ1) is 8.52. The molecule has 0 aromatic carbocycles. The van der Waals surface area contributed by atoms with E-state index in [1.807, 2.05) is 19.1 Å². The third kappa shape index (κ3) is 2.51. The molecule has 2 rings (SSSR count). The van der Waals surface area contributed by atoms with Gasteiger partial charge in [-0.25, -0.2) is 4.98 Å². The number of rotatable bonds is 2. The predicted molar refractivity (Wildman–Crippen MR) is 73.6 cm³/mol. The third-order valence-corrected chi connectivity index (χ3v) is 4.29. The van der Waals surface area contributed by atoms with E-state index in [0.29, 0.717) is 12.5 Å². The monoisotopic (exact) mass is 312 g/mol. The molecule has 0 amide bonds. The van der Waals surface area contributed by atoms with Crippen LogP contribution in [-0.4, -0.2) is 31.2 Å². The van der Waals surface area contributed by atoms with Crippen LogP contribution in [0.25, 0.3) is 0 Å². The van der Waals surface area contributed by atoms with Gasteiger partial charge in [-0.05, 0) is 40.9 Å². The highest BCUT2D eigenvalue weighted by Crippen LogP contribution is 2.29. The van der Waals surface area contributed by atoms with Crippen molar-refractivity contribution in [1.82, 2.24) is 4.98 Å². The van der Waals surface area contributed by atoms with E-state index in [1.54, 1.807) is 0 Å². The third-order valence-electron chi connectivity index (χ3n) is 3.45. The Kier molecular flexibility index (Phi) is 3.90. The maximum atomic E-state index is 11.6. The number of carbonyl (C=O) groups excluding carboxylic acids is 1. The normalized spacial score (nSPS) is 23.2. The second-order valence-electron chi connectivity index (χ2n) is 4.75. The van der Waals surface area contributed by atoms with Gasteiger partial charge in [-0.15, -0.1) is 0 Å². The van der Waals surface area contributed by atoms with Crippen LogP contribution in [0.4, 0.5) is 5.82 Å². The van der Waals surface area contributed by atoms with Gasteiger partial charge in [0.1, 0.15) is 5.82 Å². The Morgan fingerprint density at radius 2 is 2.22 bits per heavy atom. The zero-order chi connectivity index (χ0) is 13.3. The number of ether oxygens (including phenoxy) is 1. The molecule has 0 aliphatic carbocycles. The maximum absolute atomic E-state index is 11.6. The van der Waals surface area contributed by atoms with Crippen LogP contribution in [0, 0.1) is 18.8 Å². The highest BCUT2D eigenvalue weighted by Gasteiger charge is 2.36. The number of nitrogens with zero attached hydrogens (tertiary/aromatic N) is 2. The van der Waals surface area contributed by atoms with Gasteiger partial charge in [-0.2, -0.15) is 0 Å². The van der Waals surface area contributed by atoms with Crippen molar-refractivity contribution in [3.05, 3.63) is 22.3 Å². The molecule has 1 aromatic rings. The van der Waals surface area contributed by atoms with Crippen molar-refractivity contribution in [2.24, 2.45) is 11.8 Å². The molecule has 2 unspecified atom stereocenters. The highest BCUT2D eigenvalue weighted by molar-refractivity contribution is 9.10. The van der Waals surface area contributed by atoms with Gasteiger partial charge in [0.15, 0.2) is 0 Å². The first kappa shape index (κ1) is 13.3. The Hall–Kier alpha value is -1.10. The van der Waals surface area contributed by atoms with Crippen LogP contribution >= 0.6 is 15.9 Å². The van der Waals surface area contributed by atoms with Crippen LogP contribution in [0.2, 0.25) is 0 Å². The number of carbonyl (C=O) groups is 1. The number of aryl methyl sites for hydroxylation is 1. The van der Waals surface area contributed by atoms with Gasteiger partial charge in [0.25, 0.3) is 0 Å². The van der Waals surface area contributed by atoms with Crippen molar-refractivity contribution in [1.29, 1.82) is 0 Å². The lowest BCUT2D eigenvalue weighted by atomic mass is 9.99. The summed E-state index contributed by atoms with van der Waals surface area (Å²) in [6.45, 7) is 5.56. The van der Waals surface area contributed by atoms with Crippen LogP contribution in [0.5, 0.6) is 0 Å². The summed E-state index contributed by atoms with van der Waals surface area (Å²) in [4.78, 5) is 18.3. The molecular formula is C13H17BrN2O2. The van der Waals surface area contributed by atoms with Gasteiger partial charge < -0.3 is 9.64 Å². The van der Waals surface area contributed by atoms with E-state index in [-0.39, 0.29) is 11.9 Å². The lowest BCUT2D eigenvalue weighted by molar-refractivity contribution is -0.145. The van der Waals surface area contributed by atoms with Gasteiger partial charge in [0.05, 0.1) is 18.7 Å². The summed E-state index contributed by atoms with van der Waals surface area (Å²) in [6.07, 6.45) is 0. The van der Waals surface area contributed by atoms with Gasteiger partial charge in [-0.1, -0.05) is 6.92 Å². The van der Waals surface area contributed by atoms with Crippen molar-refractivity contribution in [3.8, 4) is 0 Å². The summed E-state index contributed by atoms with van der Waals surface area (Å²) < 4.78 is 5.84. The van der Waals surface area contributed by atoms with Gasteiger partial charge in [0.2, 0.25) is 0 Å². The Morgan fingerprint density at radius 1 is 1.50 bits per heavy atom. The summed E-state index contributed by atoms with van der Waals surface area (Å²) in [7, 11) is 1.44. The first-order valence-electron chi connectivity index (χ1n) is 5.99. The molecule has 0 radical (unpaired) electrons. The SMILES string of the molecule is COC(=O)C1CN(c2ccc(Br)c(C)n2)CC1C. The largest absolute Gasteiger partial charge is 0.469 e. The number of halogens is 1. The Bertz CT molecular complexity index is 464. The predicted octanol–water partition coefficient (Wildman–Crippen LogP) is 2.40. The summed E-state index contributed by atoms with van der Waals surface area (Å²) >= 11 is 3.44. The lowest BCUT2D eigenvalue weighted by Crippen LogP contribution is -2.24. The molecule has 2 atom stereocenters. The summed E-state index contributed by atoms with van der Waals surface area (Å²) in [5, 5.41) is 0. The van der Waals surface area contributed by atoms with E-state index >= 15 is 0 Å². The van der Waals surface area contributed by atoms with Gasteiger partial charge in [-0.3, -0.25) is 4.79 Å². The van der Waals surface area contributed by atoms with E-state index < -0.39 is 0 Å². The molecule has 0 spiro atoms. The molecule has 98 valence electrons. The minimum atomic E-state index is -0.126. The number of hydrogen-bond donors (Lipinski definition) is 0. The van der Waals surface area contributed by atoms with Crippen molar-refractivity contribution < 1.29 is 9.53 Å². The fourth-order valence-electron chi connectivity index (χ4n) is 2.32. The van der Waals surface area contributed by atoms with E-state index in [2.05, 4.69) is 32.7 Å². The van der Waals surface area contributed by atoms with Crippen LogP contribution in [0.3, 0.4) is 0 Å². The van der Waals surface area contributed by atoms with Crippen molar-refractivity contribution in [2.75, 3.05) is 25.1 Å². The molecule has 1 aliphatic heterocycles. The molecular weight excluding hydrogens is 296 g/mol.